The lowest BCUT2D eigenvalue weighted by Gasteiger charge is -2.40. The van der Waals surface area contributed by atoms with Crippen molar-refractivity contribution in [2.75, 3.05) is 0 Å². The monoisotopic (exact) mass is 563 g/mol. The molecule has 2 aromatic carbocycles. The predicted molar refractivity (Wildman–Crippen MR) is 142 cm³/mol. The Kier molecular flexibility index (Phi) is 9.49. The van der Waals surface area contributed by atoms with Gasteiger partial charge in [-0.25, -0.2) is 4.85 Å². The minimum absolute atomic E-state index is 0.0291. The Bertz CT molecular complexity index is 1080. The van der Waals surface area contributed by atoms with E-state index in [0.29, 0.717) is 22.7 Å². The van der Waals surface area contributed by atoms with E-state index in [9.17, 15) is 9.59 Å². The van der Waals surface area contributed by atoms with Gasteiger partial charge in [0.05, 0.1) is 18.6 Å². The van der Waals surface area contributed by atoms with Gasteiger partial charge < -0.3 is 4.43 Å². The van der Waals surface area contributed by atoms with Gasteiger partial charge in [0.25, 0.3) is 5.91 Å². The van der Waals surface area contributed by atoms with Crippen LogP contribution >= 0.6 is 27.5 Å². The highest BCUT2D eigenvalue weighted by Gasteiger charge is 2.41. The SMILES string of the molecule is [C-]#[N+]c1ccc(C[C@@H](C(=O)NNC(=O)c2ccc(Br)cc2)[C@H](C)O[Si](C)(C)C(C)(C)C)cc1Cl. The van der Waals surface area contributed by atoms with E-state index in [-0.39, 0.29) is 10.9 Å². The Morgan fingerprint density at radius 2 is 1.76 bits per heavy atom. The molecule has 2 aromatic rings. The molecule has 182 valence electrons. The fourth-order valence-electron chi connectivity index (χ4n) is 3.10. The standard InChI is InChI=1S/C25H31BrClN3O3Si/c1-16(33-34(6,7)25(2,3)4)20(14-17-8-13-22(28-5)21(27)15-17)24(32)30-29-23(31)18-9-11-19(26)12-10-18/h8-13,15-16,20H,14H2,1-4,6-7H3,(H,29,31)(H,30,32)/t16-,20+/m0/s1. The Balaban J connectivity index is 2.23. The number of benzene rings is 2. The number of halogens is 2. The summed E-state index contributed by atoms with van der Waals surface area (Å²) in [5.74, 6) is -1.36. The first kappa shape index (κ1) is 28.1. The molecule has 9 heteroatoms. The molecule has 2 amide bonds. The Morgan fingerprint density at radius 3 is 2.29 bits per heavy atom. The first-order chi connectivity index (χ1) is 15.7. The molecule has 2 atom stereocenters. The molecule has 0 aliphatic carbocycles. The van der Waals surface area contributed by atoms with Gasteiger partial charge in [-0.05, 0) is 61.3 Å². The van der Waals surface area contributed by atoms with Crippen molar-refractivity contribution in [3.63, 3.8) is 0 Å². The van der Waals surface area contributed by atoms with Crippen LogP contribution in [0.3, 0.4) is 0 Å². The Hall–Kier alpha value is -2.18. The normalized spacial score (nSPS) is 13.5. The zero-order valence-electron chi connectivity index (χ0n) is 20.3. The van der Waals surface area contributed by atoms with Crippen molar-refractivity contribution in [3.8, 4) is 0 Å². The van der Waals surface area contributed by atoms with Crippen molar-refractivity contribution >= 4 is 53.4 Å². The van der Waals surface area contributed by atoms with Gasteiger partial charge in [-0.1, -0.05) is 66.5 Å². The zero-order valence-corrected chi connectivity index (χ0v) is 23.7. The van der Waals surface area contributed by atoms with Crippen LogP contribution in [0.2, 0.25) is 23.2 Å². The fourth-order valence-corrected chi connectivity index (χ4v) is 5.06. The highest BCUT2D eigenvalue weighted by atomic mass is 79.9. The summed E-state index contributed by atoms with van der Waals surface area (Å²) in [5, 5.41) is 0.312. The Labute approximate surface area is 216 Å². The van der Waals surface area contributed by atoms with Gasteiger partial charge in [0.2, 0.25) is 11.6 Å². The van der Waals surface area contributed by atoms with Crippen LogP contribution in [0.5, 0.6) is 0 Å². The van der Waals surface area contributed by atoms with E-state index >= 15 is 0 Å². The summed E-state index contributed by atoms with van der Waals surface area (Å²) in [6.45, 7) is 19.8. The van der Waals surface area contributed by atoms with E-state index in [2.05, 4.69) is 65.5 Å². The van der Waals surface area contributed by atoms with Crippen molar-refractivity contribution in [1.29, 1.82) is 0 Å². The van der Waals surface area contributed by atoms with Gasteiger partial charge in [-0.15, -0.1) is 0 Å². The maximum atomic E-state index is 13.2. The quantitative estimate of drug-likeness (QED) is 0.224. The van der Waals surface area contributed by atoms with Crippen molar-refractivity contribution in [1.82, 2.24) is 10.9 Å². The number of amides is 2. The van der Waals surface area contributed by atoms with E-state index in [4.69, 9.17) is 22.6 Å². The second kappa shape index (κ2) is 11.5. The number of hydrogen-bond donors (Lipinski definition) is 2. The summed E-state index contributed by atoms with van der Waals surface area (Å²) in [7, 11) is -2.16. The van der Waals surface area contributed by atoms with Gasteiger partial charge in [-0.3, -0.25) is 20.4 Å². The molecule has 0 radical (unpaired) electrons. The van der Waals surface area contributed by atoms with E-state index in [1.165, 1.54) is 0 Å². The molecule has 0 fully saturated rings. The molecule has 2 N–H and O–H groups in total. The average Bonchev–Trinajstić information content (AvgIpc) is 2.75. The third-order valence-corrected chi connectivity index (χ3v) is 11.6. The topological polar surface area (TPSA) is 71.8 Å². The van der Waals surface area contributed by atoms with E-state index < -0.39 is 26.2 Å². The molecule has 34 heavy (non-hydrogen) atoms. The second-order valence-corrected chi connectivity index (χ2v) is 15.8. The molecule has 0 aromatic heterocycles. The molecule has 6 nitrogen and oxygen atoms in total. The van der Waals surface area contributed by atoms with Crippen LogP contribution in [-0.2, 0) is 15.6 Å². The largest absolute Gasteiger partial charge is 0.413 e. The molecule has 0 saturated heterocycles. The molecule has 0 bridgehead atoms. The van der Waals surface area contributed by atoms with Crippen LogP contribution in [-0.4, -0.2) is 26.2 Å². The molecule has 0 aliphatic heterocycles. The van der Waals surface area contributed by atoms with Crippen LogP contribution in [0.1, 0.15) is 43.6 Å². The number of carbonyl (C=O) groups is 2. The van der Waals surface area contributed by atoms with Crippen LogP contribution in [0.25, 0.3) is 4.85 Å². The maximum absolute atomic E-state index is 13.2. The van der Waals surface area contributed by atoms with Gasteiger partial charge in [-0.2, -0.15) is 0 Å². The minimum atomic E-state index is -2.16. The van der Waals surface area contributed by atoms with Crippen molar-refractivity contribution < 1.29 is 14.0 Å². The molecule has 0 heterocycles. The third-order valence-electron chi connectivity index (χ3n) is 6.18. The highest BCUT2D eigenvalue weighted by Crippen LogP contribution is 2.38. The van der Waals surface area contributed by atoms with Crippen molar-refractivity contribution in [2.24, 2.45) is 5.92 Å². The molecule has 0 unspecified atom stereocenters. The van der Waals surface area contributed by atoms with Crippen LogP contribution in [0, 0.1) is 12.5 Å². The molecule has 0 spiro atoms. The summed E-state index contributed by atoms with van der Waals surface area (Å²) < 4.78 is 7.37. The zero-order chi connectivity index (χ0) is 25.7. The van der Waals surface area contributed by atoms with Crippen molar-refractivity contribution in [3.05, 3.63) is 74.5 Å². The Morgan fingerprint density at radius 1 is 1.15 bits per heavy atom. The first-order valence-electron chi connectivity index (χ1n) is 10.9. The number of nitrogens with one attached hydrogen (secondary N) is 2. The van der Waals surface area contributed by atoms with Gasteiger partial charge >= 0.3 is 0 Å². The summed E-state index contributed by atoms with van der Waals surface area (Å²) in [6, 6.07) is 12.0. The fraction of sp³-hybridized carbons (Fsp3) is 0.400. The molecular formula is C25H31BrClN3O3Si. The second-order valence-electron chi connectivity index (χ2n) is 9.74. The lowest BCUT2D eigenvalue weighted by molar-refractivity contribution is -0.128. The molecule has 2 rings (SSSR count). The maximum Gasteiger partial charge on any atom is 0.269 e. The van der Waals surface area contributed by atoms with Gasteiger partial charge in [0.1, 0.15) is 0 Å². The lowest BCUT2D eigenvalue weighted by Crippen LogP contribution is -2.51. The number of hydrazine groups is 1. The smallest absolute Gasteiger partial charge is 0.269 e. The van der Waals surface area contributed by atoms with E-state index in [1.54, 1.807) is 42.5 Å². The van der Waals surface area contributed by atoms with E-state index in [0.717, 1.165) is 10.0 Å². The average molecular weight is 565 g/mol. The first-order valence-corrected chi connectivity index (χ1v) is 15.0. The number of hydrogen-bond acceptors (Lipinski definition) is 3. The number of nitrogens with zero attached hydrogens (tertiary/aromatic N) is 1. The van der Waals surface area contributed by atoms with E-state index in [1.807, 2.05) is 6.92 Å². The predicted octanol–water partition coefficient (Wildman–Crippen LogP) is 6.68. The summed E-state index contributed by atoms with van der Waals surface area (Å²) >= 11 is 9.56. The van der Waals surface area contributed by atoms with Gasteiger partial charge in [0, 0.05) is 15.1 Å². The molecule has 0 saturated carbocycles. The van der Waals surface area contributed by atoms with Gasteiger partial charge in [0.15, 0.2) is 8.32 Å². The summed E-state index contributed by atoms with van der Waals surface area (Å²) in [4.78, 5) is 29.1. The van der Waals surface area contributed by atoms with Crippen LogP contribution in [0.4, 0.5) is 5.69 Å². The minimum Gasteiger partial charge on any atom is -0.413 e. The molecule has 0 aliphatic rings. The summed E-state index contributed by atoms with van der Waals surface area (Å²) in [6.07, 6.45) is -0.0712. The van der Waals surface area contributed by atoms with Crippen LogP contribution < -0.4 is 10.9 Å². The number of rotatable bonds is 7. The van der Waals surface area contributed by atoms with Crippen molar-refractivity contribution in [2.45, 2.75) is 58.4 Å². The lowest BCUT2D eigenvalue weighted by atomic mass is 9.94. The van der Waals surface area contributed by atoms with Crippen LogP contribution in [0.15, 0.2) is 46.9 Å². The highest BCUT2D eigenvalue weighted by molar-refractivity contribution is 9.10. The molecular weight excluding hydrogens is 534 g/mol. The number of carbonyl (C=O) groups excluding carboxylic acids is 2. The third kappa shape index (κ3) is 7.41. The summed E-state index contributed by atoms with van der Waals surface area (Å²) in [5.41, 5.74) is 6.65.